The summed E-state index contributed by atoms with van der Waals surface area (Å²) in [5, 5.41) is 11.6. The molecular weight excluding hydrogens is 242 g/mol. The number of rotatable bonds is 4. The van der Waals surface area contributed by atoms with Gasteiger partial charge in [-0.2, -0.15) is 0 Å². The van der Waals surface area contributed by atoms with Crippen LogP contribution in [0.5, 0.6) is 0 Å². The number of carbonyl (C=O) groups excluding carboxylic acids is 1. The second-order valence-corrected chi connectivity index (χ2v) is 4.09. The predicted molar refractivity (Wildman–Crippen MR) is 65.4 cm³/mol. The highest BCUT2D eigenvalue weighted by Gasteiger charge is 2.20. The number of hydrogen-bond acceptors (Lipinski definition) is 2. The molecule has 0 aromatic heterocycles. The fraction of sp³-hybridized carbons (Fsp3) is 0.333. The van der Waals surface area contributed by atoms with Gasteiger partial charge in [0.1, 0.15) is 6.04 Å². The van der Waals surface area contributed by atoms with Crippen molar-refractivity contribution in [1.82, 2.24) is 5.32 Å². The smallest absolute Gasteiger partial charge is 0.326 e. The van der Waals surface area contributed by atoms with Gasteiger partial charge in [-0.05, 0) is 25.0 Å². The molecule has 0 fully saturated rings. The summed E-state index contributed by atoms with van der Waals surface area (Å²) in [6, 6.07) is 4.17. The Hall–Kier alpha value is -1.55. The van der Waals surface area contributed by atoms with Gasteiger partial charge in [0.05, 0.1) is 10.6 Å². The zero-order valence-electron chi connectivity index (χ0n) is 9.66. The van der Waals surface area contributed by atoms with E-state index in [0.29, 0.717) is 17.0 Å². The predicted octanol–water partition coefficient (Wildman–Crippen LogP) is 2.24. The molecule has 1 aromatic rings. The first kappa shape index (κ1) is 13.5. The maximum atomic E-state index is 11.8. The standard InChI is InChI=1S/C12H14ClNO3/c1-3-9(12(16)17)14-11(15)8-6-4-5-7(2)10(8)13/h4-6,9H,3H2,1-2H3,(H,14,15)(H,16,17)/t9-/m0/s1. The van der Waals surface area contributed by atoms with Crippen molar-refractivity contribution in [1.29, 1.82) is 0 Å². The number of aryl methyl sites for hydroxylation is 1. The van der Waals surface area contributed by atoms with Gasteiger partial charge in [0, 0.05) is 0 Å². The first-order valence-corrected chi connectivity index (χ1v) is 5.64. The molecule has 0 saturated carbocycles. The third-order valence-corrected chi connectivity index (χ3v) is 2.95. The first-order chi connectivity index (χ1) is 7.97. The number of benzene rings is 1. The van der Waals surface area contributed by atoms with E-state index in [4.69, 9.17) is 16.7 Å². The molecular formula is C12H14ClNO3. The molecule has 0 radical (unpaired) electrons. The number of carboxylic acid groups (broad SMARTS) is 1. The summed E-state index contributed by atoms with van der Waals surface area (Å²) in [4.78, 5) is 22.6. The quantitative estimate of drug-likeness (QED) is 0.867. The topological polar surface area (TPSA) is 66.4 Å². The molecule has 0 aliphatic rings. The summed E-state index contributed by atoms with van der Waals surface area (Å²) in [7, 11) is 0. The van der Waals surface area contributed by atoms with Gasteiger partial charge in [0.25, 0.3) is 5.91 Å². The number of carboxylic acids is 1. The van der Waals surface area contributed by atoms with Crippen molar-refractivity contribution in [2.45, 2.75) is 26.3 Å². The second-order valence-electron chi connectivity index (χ2n) is 3.71. The molecule has 1 amide bonds. The molecule has 17 heavy (non-hydrogen) atoms. The van der Waals surface area contributed by atoms with Gasteiger partial charge in [0.15, 0.2) is 0 Å². The van der Waals surface area contributed by atoms with E-state index in [1.165, 1.54) is 0 Å². The van der Waals surface area contributed by atoms with E-state index in [9.17, 15) is 9.59 Å². The summed E-state index contributed by atoms with van der Waals surface area (Å²) in [5.41, 5.74) is 1.08. The molecule has 0 aliphatic heterocycles. The minimum Gasteiger partial charge on any atom is -0.480 e. The number of aliphatic carboxylic acids is 1. The maximum absolute atomic E-state index is 11.8. The molecule has 1 atom stereocenters. The third-order valence-electron chi connectivity index (χ3n) is 2.45. The van der Waals surface area contributed by atoms with Crippen molar-refractivity contribution in [3.05, 3.63) is 34.3 Å². The highest BCUT2D eigenvalue weighted by atomic mass is 35.5. The number of hydrogen-bond donors (Lipinski definition) is 2. The molecule has 0 heterocycles. The minimum absolute atomic E-state index is 0.298. The Balaban J connectivity index is 2.90. The maximum Gasteiger partial charge on any atom is 0.326 e. The molecule has 1 aromatic carbocycles. The molecule has 0 aliphatic carbocycles. The molecule has 92 valence electrons. The van der Waals surface area contributed by atoms with Crippen molar-refractivity contribution in [3.8, 4) is 0 Å². The summed E-state index contributed by atoms with van der Waals surface area (Å²) in [6.45, 7) is 3.48. The highest BCUT2D eigenvalue weighted by molar-refractivity contribution is 6.34. The van der Waals surface area contributed by atoms with E-state index in [-0.39, 0.29) is 0 Å². The van der Waals surface area contributed by atoms with Crippen LogP contribution in [0.2, 0.25) is 5.02 Å². The number of nitrogens with one attached hydrogen (secondary N) is 1. The Morgan fingerprint density at radius 3 is 2.65 bits per heavy atom. The molecule has 1 rings (SSSR count). The molecule has 5 heteroatoms. The number of amides is 1. The Morgan fingerprint density at radius 1 is 1.47 bits per heavy atom. The van der Waals surface area contributed by atoms with Gasteiger partial charge in [-0.1, -0.05) is 30.7 Å². The van der Waals surface area contributed by atoms with Crippen LogP contribution in [-0.4, -0.2) is 23.0 Å². The Kier molecular flexibility index (Phi) is 4.52. The lowest BCUT2D eigenvalue weighted by Crippen LogP contribution is -2.40. The Bertz CT molecular complexity index is 445. The van der Waals surface area contributed by atoms with Crippen molar-refractivity contribution < 1.29 is 14.7 Å². The van der Waals surface area contributed by atoms with Gasteiger partial charge in [-0.15, -0.1) is 0 Å². The number of halogens is 1. The van der Waals surface area contributed by atoms with E-state index in [1.807, 2.05) is 0 Å². The largest absolute Gasteiger partial charge is 0.480 e. The van der Waals surface area contributed by atoms with Crippen LogP contribution in [0, 0.1) is 6.92 Å². The zero-order valence-corrected chi connectivity index (χ0v) is 10.4. The summed E-state index contributed by atoms with van der Waals surface area (Å²) < 4.78 is 0. The van der Waals surface area contributed by atoms with Crippen LogP contribution in [0.4, 0.5) is 0 Å². The van der Waals surface area contributed by atoms with E-state index < -0.39 is 17.9 Å². The fourth-order valence-corrected chi connectivity index (χ4v) is 1.61. The van der Waals surface area contributed by atoms with Crippen molar-refractivity contribution in [2.75, 3.05) is 0 Å². The first-order valence-electron chi connectivity index (χ1n) is 5.26. The second kappa shape index (κ2) is 5.68. The van der Waals surface area contributed by atoms with Crippen molar-refractivity contribution in [3.63, 3.8) is 0 Å². The monoisotopic (exact) mass is 255 g/mol. The van der Waals surface area contributed by atoms with Gasteiger partial charge in [0.2, 0.25) is 0 Å². The number of carbonyl (C=O) groups is 2. The summed E-state index contributed by atoms with van der Waals surface area (Å²) >= 11 is 5.99. The molecule has 4 nitrogen and oxygen atoms in total. The van der Waals surface area contributed by atoms with Gasteiger partial charge < -0.3 is 10.4 Å². The zero-order chi connectivity index (χ0) is 13.0. The van der Waals surface area contributed by atoms with E-state index in [2.05, 4.69) is 5.32 Å². The highest BCUT2D eigenvalue weighted by Crippen LogP contribution is 2.20. The molecule has 2 N–H and O–H groups in total. The molecule has 0 unspecified atom stereocenters. The van der Waals surface area contributed by atoms with Crippen LogP contribution in [0.15, 0.2) is 18.2 Å². The SMILES string of the molecule is CC[C@H](NC(=O)c1cccc(C)c1Cl)C(=O)O. The average Bonchev–Trinajstić information content (AvgIpc) is 2.28. The Labute approximate surface area is 105 Å². The molecule has 0 spiro atoms. The van der Waals surface area contributed by atoms with Gasteiger partial charge in [-0.25, -0.2) is 4.79 Å². The lowest BCUT2D eigenvalue weighted by molar-refractivity contribution is -0.139. The lowest BCUT2D eigenvalue weighted by Gasteiger charge is -2.13. The molecule has 0 bridgehead atoms. The van der Waals surface area contributed by atoms with Crippen LogP contribution >= 0.6 is 11.6 Å². The van der Waals surface area contributed by atoms with Gasteiger partial charge in [-0.3, -0.25) is 4.79 Å². The van der Waals surface area contributed by atoms with Crippen molar-refractivity contribution in [2.24, 2.45) is 0 Å². The molecule has 0 saturated heterocycles. The summed E-state index contributed by atoms with van der Waals surface area (Å²) in [5.74, 6) is -1.52. The normalized spacial score (nSPS) is 11.9. The van der Waals surface area contributed by atoms with Crippen LogP contribution in [0.1, 0.15) is 29.3 Å². The lowest BCUT2D eigenvalue weighted by atomic mass is 10.1. The van der Waals surface area contributed by atoms with Crippen LogP contribution in [0.25, 0.3) is 0 Å². The van der Waals surface area contributed by atoms with Crippen LogP contribution in [-0.2, 0) is 4.79 Å². The van der Waals surface area contributed by atoms with Gasteiger partial charge >= 0.3 is 5.97 Å². The summed E-state index contributed by atoms with van der Waals surface area (Å²) in [6.07, 6.45) is 0.324. The van der Waals surface area contributed by atoms with Crippen LogP contribution in [0.3, 0.4) is 0 Å². The van der Waals surface area contributed by atoms with Crippen LogP contribution < -0.4 is 5.32 Å². The Morgan fingerprint density at radius 2 is 2.12 bits per heavy atom. The average molecular weight is 256 g/mol. The van der Waals surface area contributed by atoms with E-state index >= 15 is 0 Å². The fourth-order valence-electron chi connectivity index (χ4n) is 1.40. The van der Waals surface area contributed by atoms with Crippen molar-refractivity contribution >= 4 is 23.5 Å². The minimum atomic E-state index is -1.05. The third kappa shape index (κ3) is 3.20. The van der Waals surface area contributed by atoms with E-state index in [0.717, 1.165) is 5.56 Å². The van der Waals surface area contributed by atoms with E-state index in [1.54, 1.807) is 32.0 Å².